The van der Waals surface area contributed by atoms with Crippen LogP contribution in [0.1, 0.15) is 54.7 Å². The molecule has 4 nitrogen and oxygen atoms in total. The van der Waals surface area contributed by atoms with E-state index in [0.717, 1.165) is 5.56 Å². The van der Waals surface area contributed by atoms with Crippen LogP contribution in [0.3, 0.4) is 0 Å². The van der Waals surface area contributed by atoms with Crippen LogP contribution >= 0.6 is 0 Å². The molecule has 2 aromatic rings. The van der Waals surface area contributed by atoms with Crippen LogP contribution < -0.4 is 10.4 Å². The van der Waals surface area contributed by atoms with Crippen LogP contribution in [0.15, 0.2) is 48.5 Å². The summed E-state index contributed by atoms with van der Waals surface area (Å²) >= 11 is 0. The van der Waals surface area contributed by atoms with Crippen LogP contribution in [-0.2, 0) is 10.2 Å². The van der Waals surface area contributed by atoms with Gasteiger partial charge in [-0.3, -0.25) is 4.79 Å². The molecule has 0 saturated carbocycles. The van der Waals surface area contributed by atoms with Gasteiger partial charge in [-0.2, -0.15) is 0 Å². The summed E-state index contributed by atoms with van der Waals surface area (Å²) in [7, 11) is 0. The number of nitrogens with one attached hydrogen (secondary N) is 1. The average Bonchev–Trinajstić information content (AvgIpc) is 2.53. The van der Waals surface area contributed by atoms with Gasteiger partial charge in [-0.15, -0.1) is 0 Å². The molecule has 1 amide bonds. The van der Waals surface area contributed by atoms with Gasteiger partial charge in [-0.05, 0) is 40.8 Å². The van der Waals surface area contributed by atoms with E-state index in [-0.39, 0.29) is 17.4 Å². The highest BCUT2D eigenvalue weighted by atomic mass is 19.1. The van der Waals surface area contributed by atoms with Crippen molar-refractivity contribution in [3.05, 3.63) is 71.0 Å². The number of halogens is 1. The van der Waals surface area contributed by atoms with Crippen molar-refractivity contribution in [2.24, 2.45) is 0 Å². The van der Waals surface area contributed by atoms with E-state index in [9.17, 15) is 19.1 Å². The molecule has 1 N–H and O–H groups in total. The van der Waals surface area contributed by atoms with Gasteiger partial charge in [0.1, 0.15) is 5.82 Å². The zero-order valence-corrected chi connectivity index (χ0v) is 14.5. The van der Waals surface area contributed by atoms with Gasteiger partial charge in [0.05, 0.1) is 6.04 Å². The minimum absolute atomic E-state index is 0.0280. The fourth-order valence-electron chi connectivity index (χ4n) is 2.48. The lowest BCUT2D eigenvalue weighted by atomic mass is 9.86. The molecule has 2 rings (SSSR count). The first kappa shape index (κ1) is 18.6. The molecule has 1 atom stereocenters. The maximum absolute atomic E-state index is 13.0. The Bertz CT molecular complexity index is 746. The minimum atomic E-state index is -1.26. The van der Waals surface area contributed by atoms with Crippen molar-refractivity contribution in [3.8, 4) is 0 Å². The van der Waals surface area contributed by atoms with E-state index >= 15 is 0 Å². The number of carboxylic acids is 1. The number of carboxylic acid groups (broad SMARTS) is 1. The quantitative estimate of drug-likeness (QED) is 0.908. The highest BCUT2D eigenvalue weighted by molar-refractivity contribution is 5.94. The third-order valence-corrected chi connectivity index (χ3v) is 3.96. The van der Waals surface area contributed by atoms with Crippen molar-refractivity contribution in [1.82, 2.24) is 5.32 Å². The maximum atomic E-state index is 13.0. The molecule has 25 heavy (non-hydrogen) atoms. The monoisotopic (exact) mass is 342 g/mol. The summed E-state index contributed by atoms with van der Waals surface area (Å²) in [6, 6.07) is 11.8. The predicted octanol–water partition coefficient (Wildman–Crippen LogP) is 2.73. The Balaban J connectivity index is 2.22. The van der Waals surface area contributed by atoms with Gasteiger partial charge in [0.2, 0.25) is 0 Å². The van der Waals surface area contributed by atoms with Crippen LogP contribution in [0.2, 0.25) is 0 Å². The zero-order valence-electron chi connectivity index (χ0n) is 14.5. The van der Waals surface area contributed by atoms with Gasteiger partial charge in [0.15, 0.2) is 0 Å². The second kappa shape index (κ2) is 7.47. The first-order chi connectivity index (χ1) is 11.7. The Morgan fingerprint density at radius 3 is 2.08 bits per heavy atom. The lowest BCUT2D eigenvalue weighted by Gasteiger charge is -2.23. The summed E-state index contributed by atoms with van der Waals surface area (Å²) in [5.41, 5.74) is 2.01. The number of hydrogen-bond acceptors (Lipinski definition) is 3. The molecule has 0 aliphatic carbocycles. The summed E-state index contributed by atoms with van der Waals surface area (Å²) in [6.07, 6.45) is -0.345. The second-order valence-corrected chi connectivity index (χ2v) is 6.98. The molecule has 0 fully saturated rings. The summed E-state index contributed by atoms with van der Waals surface area (Å²) in [5, 5.41) is 13.7. The first-order valence-electron chi connectivity index (χ1n) is 8.03. The minimum Gasteiger partial charge on any atom is -0.550 e. The van der Waals surface area contributed by atoms with Crippen molar-refractivity contribution in [2.75, 3.05) is 0 Å². The number of aliphatic carboxylic acids is 1. The molecule has 0 bridgehead atoms. The Kier molecular flexibility index (Phi) is 5.57. The highest BCUT2D eigenvalue weighted by Crippen LogP contribution is 2.25. The normalized spacial score (nSPS) is 12.5. The van der Waals surface area contributed by atoms with E-state index in [4.69, 9.17) is 0 Å². The summed E-state index contributed by atoms with van der Waals surface area (Å²) in [6.45, 7) is 6.24. The Hall–Kier alpha value is -2.69. The molecule has 0 saturated heterocycles. The lowest BCUT2D eigenvalue weighted by molar-refractivity contribution is -0.306. The predicted molar refractivity (Wildman–Crippen MR) is 91.4 cm³/mol. The summed E-state index contributed by atoms with van der Waals surface area (Å²) < 4.78 is 13.0. The van der Waals surface area contributed by atoms with Gasteiger partial charge >= 0.3 is 0 Å². The molecule has 132 valence electrons. The van der Waals surface area contributed by atoms with Crippen LogP contribution in [-0.4, -0.2) is 11.9 Å². The third-order valence-electron chi connectivity index (χ3n) is 3.96. The van der Waals surface area contributed by atoms with Crippen molar-refractivity contribution in [1.29, 1.82) is 0 Å². The highest BCUT2D eigenvalue weighted by Gasteiger charge is 2.18. The van der Waals surface area contributed by atoms with Crippen LogP contribution in [0.25, 0.3) is 0 Å². The van der Waals surface area contributed by atoms with Crippen molar-refractivity contribution in [2.45, 2.75) is 38.6 Å². The van der Waals surface area contributed by atoms with Crippen LogP contribution in [0.4, 0.5) is 4.39 Å². The smallest absolute Gasteiger partial charge is 0.251 e. The molecular weight excluding hydrogens is 321 g/mol. The Morgan fingerprint density at radius 1 is 1.04 bits per heavy atom. The standard InChI is InChI=1S/C20H22FNO3/c1-20(2,3)15-8-4-13(5-9-15)17(12-18(23)24)22-19(25)14-6-10-16(21)11-7-14/h4-11,17H,12H2,1-3H3,(H,22,25)(H,23,24)/p-1/t17-/m1/s1. The number of amides is 1. The molecule has 0 heterocycles. The molecule has 0 radical (unpaired) electrons. The van der Waals surface area contributed by atoms with E-state index in [0.29, 0.717) is 5.56 Å². The molecule has 0 aliphatic rings. The molecule has 0 unspecified atom stereocenters. The van der Waals surface area contributed by atoms with E-state index < -0.39 is 23.7 Å². The molecule has 0 aromatic heterocycles. The fourth-order valence-corrected chi connectivity index (χ4v) is 2.48. The Morgan fingerprint density at radius 2 is 1.60 bits per heavy atom. The number of carbonyl (C=O) groups excluding carboxylic acids is 2. The van der Waals surface area contributed by atoms with E-state index in [1.807, 2.05) is 12.1 Å². The molecule has 2 aromatic carbocycles. The van der Waals surface area contributed by atoms with Crippen LogP contribution in [0, 0.1) is 5.82 Å². The van der Waals surface area contributed by atoms with Gasteiger partial charge in [0, 0.05) is 18.0 Å². The molecule has 0 aliphatic heterocycles. The SMILES string of the molecule is CC(C)(C)c1ccc([C@@H](CC(=O)[O-])NC(=O)c2ccc(F)cc2)cc1. The van der Waals surface area contributed by atoms with Gasteiger partial charge < -0.3 is 15.2 Å². The van der Waals surface area contributed by atoms with Gasteiger partial charge in [0.25, 0.3) is 5.91 Å². The molecule has 0 spiro atoms. The van der Waals surface area contributed by atoms with Crippen molar-refractivity contribution >= 4 is 11.9 Å². The molecular formula is C20H21FNO3-. The third kappa shape index (κ3) is 5.14. The largest absolute Gasteiger partial charge is 0.550 e. The van der Waals surface area contributed by atoms with E-state index in [1.165, 1.54) is 24.3 Å². The van der Waals surface area contributed by atoms with Gasteiger partial charge in [-0.25, -0.2) is 4.39 Å². The summed E-state index contributed by atoms with van der Waals surface area (Å²) in [5.74, 6) is -2.17. The average molecular weight is 342 g/mol. The lowest BCUT2D eigenvalue weighted by Crippen LogP contribution is -2.34. The topological polar surface area (TPSA) is 69.2 Å². The summed E-state index contributed by atoms with van der Waals surface area (Å²) in [4.78, 5) is 23.4. The number of carbonyl (C=O) groups is 2. The molecule has 5 heteroatoms. The van der Waals surface area contributed by atoms with Crippen molar-refractivity contribution in [3.63, 3.8) is 0 Å². The maximum Gasteiger partial charge on any atom is 0.251 e. The number of benzene rings is 2. The van der Waals surface area contributed by atoms with Gasteiger partial charge in [-0.1, -0.05) is 45.0 Å². The van der Waals surface area contributed by atoms with E-state index in [2.05, 4.69) is 26.1 Å². The first-order valence-corrected chi connectivity index (χ1v) is 8.03. The fraction of sp³-hybridized carbons (Fsp3) is 0.300. The van der Waals surface area contributed by atoms with Crippen molar-refractivity contribution < 1.29 is 19.1 Å². The number of rotatable bonds is 5. The van der Waals surface area contributed by atoms with E-state index in [1.54, 1.807) is 12.1 Å². The Labute approximate surface area is 146 Å². The second-order valence-electron chi connectivity index (χ2n) is 6.98. The van der Waals surface area contributed by atoms with Crippen LogP contribution in [0.5, 0.6) is 0 Å². The number of hydrogen-bond donors (Lipinski definition) is 1. The zero-order chi connectivity index (χ0) is 18.6.